The number of benzene rings is 1. The van der Waals surface area contributed by atoms with Crippen LogP contribution >= 0.6 is 11.6 Å². The van der Waals surface area contributed by atoms with E-state index in [2.05, 4.69) is 10.6 Å². The highest BCUT2D eigenvalue weighted by Gasteiger charge is 2.50. The Balaban J connectivity index is 1.39. The lowest BCUT2D eigenvalue weighted by molar-refractivity contribution is -0.126. The summed E-state index contributed by atoms with van der Waals surface area (Å²) in [6.45, 7) is 4.67. The molecule has 1 aromatic rings. The first-order chi connectivity index (χ1) is 13.3. The van der Waals surface area contributed by atoms with Crippen molar-refractivity contribution in [3.05, 3.63) is 34.9 Å². The van der Waals surface area contributed by atoms with E-state index in [1.807, 2.05) is 13.8 Å². The lowest BCUT2D eigenvalue weighted by Gasteiger charge is -2.57. The molecule has 28 heavy (non-hydrogen) atoms. The van der Waals surface area contributed by atoms with Crippen LogP contribution in [0.15, 0.2) is 24.3 Å². The molecule has 4 aliphatic rings. The lowest BCUT2D eigenvalue weighted by atomic mass is 9.49. The van der Waals surface area contributed by atoms with E-state index in [0.29, 0.717) is 16.0 Å². The van der Waals surface area contributed by atoms with Crippen LogP contribution in [0.1, 0.15) is 62.7 Å². The summed E-state index contributed by atoms with van der Waals surface area (Å²) in [5.74, 6) is 2.22. The van der Waals surface area contributed by atoms with E-state index in [1.165, 1.54) is 38.5 Å². The summed E-state index contributed by atoms with van der Waals surface area (Å²) in [4.78, 5) is 25.6. The summed E-state index contributed by atoms with van der Waals surface area (Å²) in [7, 11) is 0. The third kappa shape index (κ3) is 3.94. The molecule has 1 aromatic carbocycles. The van der Waals surface area contributed by atoms with Gasteiger partial charge in [0.2, 0.25) is 5.91 Å². The van der Waals surface area contributed by atoms with Gasteiger partial charge in [-0.15, -0.1) is 0 Å². The molecular weight excluding hydrogens is 372 g/mol. The van der Waals surface area contributed by atoms with Gasteiger partial charge in [-0.2, -0.15) is 0 Å². The first-order valence-electron chi connectivity index (χ1n) is 10.7. The maximum absolute atomic E-state index is 13.0. The highest BCUT2D eigenvalue weighted by Crippen LogP contribution is 2.59. The fraction of sp³-hybridized carbons (Fsp3) is 0.652. The van der Waals surface area contributed by atoms with Crippen LogP contribution in [0.2, 0.25) is 5.02 Å². The molecule has 4 aliphatic carbocycles. The van der Waals surface area contributed by atoms with Crippen LogP contribution in [0.4, 0.5) is 0 Å². The molecule has 5 heteroatoms. The third-order valence-corrected chi connectivity index (χ3v) is 7.49. The van der Waals surface area contributed by atoms with Crippen LogP contribution in [0.5, 0.6) is 0 Å². The quantitative estimate of drug-likeness (QED) is 0.739. The van der Waals surface area contributed by atoms with E-state index >= 15 is 0 Å². The van der Waals surface area contributed by atoms with Crippen LogP contribution in [0.25, 0.3) is 0 Å². The minimum absolute atomic E-state index is 0.00259. The van der Waals surface area contributed by atoms with Gasteiger partial charge in [-0.3, -0.25) is 9.59 Å². The molecule has 4 fully saturated rings. The first-order valence-corrected chi connectivity index (χ1v) is 11.1. The zero-order valence-corrected chi connectivity index (χ0v) is 17.6. The Morgan fingerprint density at radius 1 is 1.07 bits per heavy atom. The minimum Gasteiger partial charge on any atom is -0.354 e. The fourth-order valence-corrected chi connectivity index (χ4v) is 6.51. The first kappa shape index (κ1) is 19.8. The summed E-state index contributed by atoms with van der Waals surface area (Å²) < 4.78 is 0. The number of nitrogens with one attached hydrogen (secondary N) is 2. The molecule has 0 saturated heterocycles. The SMILES string of the molecule is CC(C)[C@H](NC(=O)c1ccccc1Cl)C(=O)NCC12CC3CC(CC(C3)C1)C2. The lowest BCUT2D eigenvalue weighted by Crippen LogP contribution is -2.55. The molecule has 0 heterocycles. The fourth-order valence-electron chi connectivity index (χ4n) is 6.29. The van der Waals surface area contributed by atoms with Crippen LogP contribution in [0, 0.1) is 29.1 Å². The van der Waals surface area contributed by atoms with E-state index in [0.717, 1.165) is 24.3 Å². The van der Waals surface area contributed by atoms with Gasteiger partial charge in [-0.1, -0.05) is 37.6 Å². The molecule has 4 saturated carbocycles. The maximum Gasteiger partial charge on any atom is 0.253 e. The van der Waals surface area contributed by atoms with Gasteiger partial charge in [0.1, 0.15) is 6.04 Å². The van der Waals surface area contributed by atoms with Crippen molar-refractivity contribution in [2.75, 3.05) is 6.54 Å². The van der Waals surface area contributed by atoms with Crippen molar-refractivity contribution < 1.29 is 9.59 Å². The Kier molecular flexibility index (Phi) is 5.43. The van der Waals surface area contributed by atoms with Gasteiger partial charge in [-0.05, 0) is 79.7 Å². The normalized spacial score (nSPS) is 31.6. The number of halogens is 1. The van der Waals surface area contributed by atoms with Crippen molar-refractivity contribution in [1.29, 1.82) is 0 Å². The van der Waals surface area contributed by atoms with Crippen LogP contribution in [-0.2, 0) is 4.79 Å². The highest BCUT2D eigenvalue weighted by molar-refractivity contribution is 6.33. The second-order valence-corrected chi connectivity index (χ2v) is 10.2. The molecule has 1 atom stereocenters. The summed E-state index contributed by atoms with van der Waals surface area (Å²) in [6.07, 6.45) is 7.98. The number of amides is 2. The molecule has 0 unspecified atom stereocenters. The third-order valence-electron chi connectivity index (χ3n) is 7.16. The molecule has 2 N–H and O–H groups in total. The predicted octanol–water partition coefficient (Wildman–Crippen LogP) is 4.43. The van der Waals surface area contributed by atoms with Gasteiger partial charge >= 0.3 is 0 Å². The largest absolute Gasteiger partial charge is 0.354 e. The second kappa shape index (κ2) is 7.70. The zero-order valence-electron chi connectivity index (χ0n) is 16.8. The van der Waals surface area contributed by atoms with Crippen molar-refractivity contribution >= 4 is 23.4 Å². The van der Waals surface area contributed by atoms with Crippen LogP contribution in [-0.4, -0.2) is 24.4 Å². The summed E-state index contributed by atoms with van der Waals surface area (Å²) in [5.41, 5.74) is 0.697. The molecule has 0 aromatic heterocycles. The molecule has 0 aliphatic heterocycles. The minimum atomic E-state index is -0.558. The standard InChI is InChI=1S/C23H31ClN2O2/c1-14(2)20(26-21(27)18-5-3-4-6-19(18)24)22(28)25-13-23-10-15-7-16(11-23)9-17(8-15)12-23/h3-6,14-17,20H,7-13H2,1-2H3,(H,25,28)(H,26,27)/t15?,16?,17?,20-,23?/m0/s1. The number of hydrogen-bond acceptors (Lipinski definition) is 2. The van der Waals surface area contributed by atoms with E-state index in [1.54, 1.807) is 24.3 Å². The van der Waals surface area contributed by atoms with E-state index in [-0.39, 0.29) is 17.7 Å². The monoisotopic (exact) mass is 402 g/mol. The van der Waals surface area contributed by atoms with E-state index in [4.69, 9.17) is 11.6 Å². The van der Waals surface area contributed by atoms with Crippen molar-refractivity contribution in [2.24, 2.45) is 29.1 Å². The predicted molar refractivity (Wildman–Crippen MR) is 111 cm³/mol. The van der Waals surface area contributed by atoms with E-state index < -0.39 is 6.04 Å². The van der Waals surface area contributed by atoms with Crippen molar-refractivity contribution in [3.8, 4) is 0 Å². The maximum atomic E-state index is 13.0. The Morgan fingerprint density at radius 2 is 1.64 bits per heavy atom. The number of carbonyl (C=O) groups excluding carboxylic acids is 2. The van der Waals surface area contributed by atoms with Gasteiger partial charge in [0.15, 0.2) is 0 Å². The van der Waals surface area contributed by atoms with E-state index in [9.17, 15) is 9.59 Å². The van der Waals surface area contributed by atoms with Gasteiger partial charge in [0.25, 0.3) is 5.91 Å². The molecule has 0 radical (unpaired) electrons. The van der Waals surface area contributed by atoms with Gasteiger partial charge in [0, 0.05) is 6.54 Å². The van der Waals surface area contributed by atoms with Crippen molar-refractivity contribution in [1.82, 2.24) is 10.6 Å². The van der Waals surface area contributed by atoms with Crippen LogP contribution in [0.3, 0.4) is 0 Å². The topological polar surface area (TPSA) is 58.2 Å². The van der Waals surface area contributed by atoms with Gasteiger partial charge < -0.3 is 10.6 Å². The van der Waals surface area contributed by atoms with Crippen LogP contribution < -0.4 is 10.6 Å². The molecule has 4 bridgehead atoms. The van der Waals surface area contributed by atoms with Crippen molar-refractivity contribution in [3.63, 3.8) is 0 Å². The summed E-state index contributed by atoms with van der Waals surface area (Å²) >= 11 is 6.14. The smallest absolute Gasteiger partial charge is 0.253 e. The highest BCUT2D eigenvalue weighted by atomic mass is 35.5. The number of rotatable bonds is 6. The Bertz CT molecular complexity index is 725. The molecule has 4 nitrogen and oxygen atoms in total. The number of hydrogen-bond donors (Lipinski definition) is 2. The Labute approximate surface area is 172 Å². The van der Waals surface area contributed by atoms with Gasteiger partial charge in [-0.25, -0.2) is 0 Å². The second-order valence-electron chi connectivity index (χ2n) is 9.81. The molecule has 0 spiro atoms. The van der Waals surface area contributed by atoms with Crippen molar-refractivity contribution in [2.45, 2.75) is 58.4 Å². The molecular formula is C23H31ClN2O2. The zero-order chi connectivity index (χ0) is 19.9. The Morgan fingerprint density at radius 3 is 2.18 bits per heavy atom. The average molecular weight is 403 g/mol. The average Bonchev–Trinajstić information content (AvgIpc) is 2.63. The summed E-state index contributed by atoms with van der Waals surface area (Å²) in [6, 6.07) is 6.38. The molecule has 152 valence electrons. The van der Waals surface area contributed by atoms with Gasteiger partial charge in [0.05, 0.1) is 10.6 Å². The summed E-state index contributed by atoms with van der Waals surface area (Å²) in [5, 5.41) is 6.50. The Hall–Kier alpha value is -1.55. The number of carbonyl (C=O) groups is 2. The molecule has 2 amide bonds. The molecule has 5 rings (SSSR count).